The Morgan fingerprint density at radius 1 is 1.19 bits per heavy atom. The second-order valence-corrected chi connectivity index (χ2v) is 7.90. The number of aromatic amines is 1. The number of hydrogen-bond acceptors (Lipinski definition) is 4. The van der Waals surface area contributed by atoms with Gasteiger partial charge >= 0.3 is 12.1 Å². The molecule has 1 aliphatic carbocycles. The first-order valence-electron chi connectivity index (χ1n) is 10.4. The number of ether oxygens (including phenoxy) is 2. The van der Waals surface area contributed by atoms with Crippen LogP contribution in [0, 0.1) is 18.8 Å². The summed E-state index contributed by atoms with van der Waals surface area (Å²) in [6, 6.07) is 5.73. The first kappa shape index (κ1) is 23.0. The molecule has 0 unspecified atom stereocenters. The Hall–Kier alpha value is -2.71. The molecule has 0 saturated heterocycles. The minimum absolute atomic E-state index is 0.316. The molecule has 1 aromatic heterocycles. The van der Waals surface area contributed by atoms with Crippen molar-refractivity contribution in [2.75, 3.05) is 20.3 Å². The Morgan fingerprint density at radius 3 is 2.58 bits per heavy atom. The van der Waals surface area contributed by atoms with Crippen molar-refractivity contribution in [1.29, 1.82) is 0 Å². The summed E-state index contributed by atoms with van der Waals surface area (Å²) >= 11 is 0. The van der Waals surface area contributed by atoms with Crippen LogP contribution >= 0.6 is 0 Å². The van der Waals surface area contributed by atoms with Crippen molar-refractivity contribution in [3.8, 4) is 5.75 Å². The van der Waals surface area contributed by atoms with Gasteiger partial charge < -0.3 is 19.8 Å². The molecule has 1 aromatic carbocycles. The summed E-state index contributed by atoms with van der Waals surface area (Å²) in [7, 11) is 1.60. The van der Waals surface area contributed by atoms with Crippen LogP contribution in [0.2, 0.25) is 0 Å². The van der Waals surface area contributed by atoms with E-state index in [0.29, 0.717) is 32.2 Å². The van der Waals surface area contributed by atoms with Crippen molar-refractivity contribution >= 4 is 22.8 Å². The number of benzene rings is 1. The average molecular weight is 440 g/mol. The highest BCUT2D eigenvalue weighted by atomic mass is 19.4. The monoisotopic (exact) mass is 440 g/mol. The molecule has 2 aromatic rings. The second kappa shape index (κ2) is 9.62. The molecule has 0 bridgehead atoms. The molecule has 1 aliphatic rings. The summed E-state index contributed by atoms with van der Waals surface area (Å²) in [6.07, 6.45) is -1.76. The Balaban J connectivity index is 1.61. The van der Waals surface area contributed by atoms with Gasteiger partial charge in [-0.1, -0.05) is 12.8 Å². The normalized spacial score (nSPS) is 19.3. The molecule has 9 heteroatoms. The topological polar surface area (TPSA) is 80.4 Å². The zero-order valence-electron chi connectivity index (χ0n) is 17.6. The molecule has 1 heterocycles. The number of carbonyl (C=O) groups excluding carboxylic acids is 2. The van der Waals surface area contributed by atoms with Crippen LogP contribution in [0.3, 0.4) is 0 Å². The molecule has 6 nitrogen and oxygen atoms in total. The minimum atomic E-state index is -4.58. The van der Waals surface area contributed by atoms with Gasteiger partial charge in [-0.2, -0.15) is 13.2 Å². The van der Waals surface area contributed by atoms with Gasteiger partial charge in [0.15, 0.2) is 6.61 Å². The summed E-state index contributed by atoms with van der Waals surface area (Å²) in [5, 5.41) is 3.87. The summed E-state index contributed by atoms with van der Waals surface area (Å²) < 4.78 is 46.8. The van der Waals surface area contributed by atoms with Crippen LogP contribution in [0.5, 0.6) is 5.75 Å². The van der Waals surface area contributed by atoms with Gasteiger partial charge in [-0.3, -0.25) is 9.59 Å². The molecule has 0 radical (unpaired) electrons. The van der Waals surface area contributed by atoms with Crippen LogP contribution in [-0.2, 0) is 20.7 Å². The number of hydrogen-bond donors (Lipinski definition) is 2. The van der Waals surface area contributed by atoms with Gasteiger partial charge in [0.25, 0.3) is 0 Å². The van der Waals surface area contributed by atoms with Gasteiger partial charge in [-0.05, 0) is 49.9 Å². The Labute approximate surface area is 178 Å². The van der Waals surface area contributed by atoms with Gasteiger partial charge in [0, 0.05) is 23.1 Å². The van der Waals surface area contributed by atoms with Crippen molar-refractivity contribution < 1.29 is 32.2 Å². The van der Waals surface area contributed by atoms with Gasteiger partial charge in [0.05, 0.1) is 18.9 Å². The minimum Gasteiger partial charge on any atom is -0.497 e. The zero-order chi connectivity index (χ0) is 22.6. The molecular formula is C22H27F3N2O4. The summed E-state index contributed by atoms with van der Waals surface area (Å²) in [5.41, 5.74) is 3.02. The number of esters is 1. The zero-order valence-corrected chi connectivity index (χ0v) is 17.6. The molecule has 1 amide bonds. The summed E-state index contributed by atoms with van der Waals surface area (Å²) in [6.45, 7) is 0.683. The SMILES string of the molecule is COc1ccc2[nH]c(C)c(CCNC(=O)[C@H]3CCCC[C@@H]3C(=O)OCC(F)(F)F)c2c1. The van der Waals surface area contributed by atoms with Gasteiger partial charge in [0.2, 0.25) is 5.91 Å². The van der Waals surface area contributed by atoms with Crippen molar-refractivity contribution in [1.82, 2.24) is 10.3 Å². The largest absolute Gasteiger partial charge is 0.497 e. The molecule has 170 valence electrons. The van der Waals surface area contributed by atoms with Crippen LogP contribution < -0.4 is 10.1 Å². The smallest absolute Gasteiger partial charge is 0.422 e. The highest BCUT2D eigenvalue weighted by Crippen LogP contribution is 2.32. The van der Waals surface area contributed by atoms with Crippen LogP contribution in [0.1, 0.15) is 36.9 Å². The number of fused-ring (bicyclic) bond motifs is 1. The van der Waals surface area contributed by atoms with Crippen molar-refractivity contribution in [3.63, 3.8) is 0 Å². The second-order valence-electron chi connectivity index (χ2n) is 7.90. The number of aryl methyl sites for hydroxylation is 1. The maximum atomic E-state index is 12.7. The van der Waals surface area contributed by atoms with E-state index in [0.717, 1.165) is 34.3 Å². The van der Waals surface area contributed by atoms with Crippen LogP contribution in [0.15, 0.2) is 18.2 Å². The van der Waals surface area contributed by atoms with E-state index in [1.54, 1.807) is 7.11 Å². The number of nitrogens with one attached hydrogen (secondary N) is 2. The summed E-state index contributed by atoms with van der Waals surface area (Å²) in [4.78, 5) is 28.2. The first-order valence-corrected chi connectivity index (χ1v) is 10.4. The molecule has 0 spiro atoms. The molecule has 3 rings (SSSR count). The predicted octanol–water partition coefficient (Wildman–Crippen LogP) is 4.06. The standard InChI is InChI=1S/C22H27F3N2O4/c1-13-15(18-11-14(30-2)7-8-19(18)27-13)9-10-26-20(28)16-5-3-4-6-17(16)21(29)31-12-22(23,24)25/h7-8,11,16-17,27H,3-6,9-10,12H2,1-2H3,(H,26,28)/t16-,17-/m0/s1. The van der Waals surface area contributed by atoms with Gasteiger partial charge in [0.1, 0.15) is 5.75 Å². The highest BCUT2D eigenvalue weighted by molar-refractivity contribution is 5.87. The molecular weight excluding hydrogens is 413 g/mol. The number of rotatable bonds is 7. The number of H-pyrrole nitrogens is 1. The molecule has 0 aliphatic heterocycles. The van der Waals surface area contributed by atoms with Crippen LogP contribution in [-0.4, -0.2) is 43.3 Å². The molecule has 31 heavy (non-hydrogen) atoms. The fourth-order valence-electron chi connectivity index (χ4n) is 4.24. The lowest BCUT2D eigenvalue weighted by atomic mass is 9.78. The number of aromatic nitrogens is 1. The van der Waals surface area contributed by atoms with Gasteiger partial charge in [-0.15, -0.1) is 0 Å². The number of carbonyl (C=O) groups is 2. The molecule has 2 atom stereocenters. The molecule has 2 N–H and O–H groups in total. The predicted molar refractivity (Wildman–Crippen MR) is 109 cm³/mol. The van der Waals surface area contributed by atoms with Crippen LogP contribution in [0.25, 0.3) is 10.9 Å². The van der Waals surface area contributed by atoms with Gasteiger partial charge in [-0.25, -0.2) is 0 Å². The van der Waals surface area contributed by atoms with E-state index >= 15 is 0 Å². The fraction of sp³-hybridized carbons (Fsp3) is 0.545. The lowest BCUT2D eigenvalue weighted by Crippen LogP contribution is -2.41. The number of alkyl halides is 3. The maximum Gasteiger partial charge on any atom is 0.422 e. The Bertz CT molecular complexity index is 939. The van der Waals surface area contributed by atoms with Crippen molar-refractivity contribution in [3.05, 3.63) is 29.5 Å². The lowest BCUT2D eigenvalue weighted by molar-refractivity contribution is -0.191. The quantitative estimate of drug-likeness (QED) is 0.637. The van der Waals surface area contributed by atoms with E-state index in [1.807, 2.05) is 25.1 Å². The van der Waals surface area contributed by atoms with E-state index < -0.39 is 30.6 Å². The maximum absolute atomic E-state index is 12.7. The fourth-order valence-corrected chi connectivity index (χ4v) is 4.24. The number of amides is 1. The third-order valence-electron chi connectivity index (χ3n) is 5.78. The average Bonchev–Trinajstić information content (AvgIpc) is 3.05. The van der Waals surface area contributed by atoms with E-state index in [4.69, 9.17) is 4.74 Å². The molecule has 1 saturated carbocycles. The first-order chi connectivity index (χ1) is 14.7. The highest BCUT2D eigenvalue weighted by Gasteiger charge is 2.38. The third-order valence-corrected chi connectivity index (χ3v) is 5.78. The number of halogens is 3. The Kier molecular flexibility index (Phi) is 7.12. The number of methoxy groups -OCH3 is 1. The third kappa shape index (κ3) is 5.71. The van der Waals surface area contributed by atoms with E-state index in [-0.39, 0.29) is 5.91 Å². The van der Waals surface area contributed by atoms with E-state index in [9.17, 15) is 22.8 Å². The van der Waals surface area contributed by atoms with E-state index in [1.165, 1.54) is 0 Å². The lowest BCUT2D eigenvalue weighted by Gasteiger charge is -2.29. The summed E-state index contributed by atoms with van der Waals surface area (Å²) in [5.74, 6) is -2.03. The molecule has 1 fully saturated rings. The van der Waals surface area contributed by atoms with E-state index in [2.05, 4.69) is 15.0 Å². The van der Waals surface area contributed by atoms with Crippen molar-refractivity contribution in [2.45, 2.75) is 45.2 Å². The Morgan fingerprint density at radius 2 is 1.90 bits per heavy atom. The van der Waals surface area contributed by atoms with Crippen molar-refractivity contribution in [2.24, 2.45) is 11.8 Å². The van der Waals surface area contributed by atoms with Crippen LogP contribution in [0.4, 0.5) is 13.2 Å².